The molecule has 2 rings (SSSR count). The molecule has 1 unspecified atom stereocenters. The lowest BCUT2D eigenvalue weighted by Gasteiger charge is -2.19. The van der Waals surface area contributed by atoms with Crippen LogP contribution < -0.4 is 10.1 Å². The summed E-state index contributed by atoms with van der Waals surface area (Å²) in [7, 11) is 1.03. The van der Waals surface area contributed by atoms with Gasteiger partial charge in [0, 0.05) is 6.42 Å². The van der Waals surface area contributed by atoms with E-state index in [2.05, 4.69) is 4.74 Å². The Morgan fingerprint density at radius 3 is 2.00 bits per heavy atom. The highest BCUT2D eigenvalue weighted by Crippen LogP contribution is 2.37. The maximum Gasteiger partial charge on any atom is 0.471 e. The van der Waals surface area contributed by atoms with E-state index in [1.807, 2.05) is 90.4 Å². The standard InChI is InChI=1S/C18H12F3I4NO5/c1-30-16(28)13(26-17(29)18(19,20)21)4-7-2-11(24)15(12(25)3-7)31-8-5-9(22)14(27)10(23)6-8/h2-3,5-6,13,27H,4H2,1H3,(H,26,29). The van der Waals surface area contributed by atoms with Gasteiger partial charge in [-0.3, -0.25) is 4.79 Å². The molecule has 0 bridgehead atoms. The van der Waals surface area contributed by atoms with Crippen LogP contribution >= 0.6 is 90.4 Å². The zero-order valence-electron chi connectivity index (χ0n) is 15.3. The Balaban J connectivity index is 2.29. The molecule has 0 heterocycles. The van der Waals surface area contributed by atoms with Gasteiger partial charge in [-0.25, -0.2) is 4.79 Å². The first-order valence-electron chi connectivity index (χ1n) is 8.12. The highest BCUT2D eigenvalue weighted by Gasteiger charge is 2.41. The van der Waals surface area contributed by atoms with E-state index < -0.39 is 24.1 Å². The van der Waals surface area contributed by atoms with E-state index in [9.17, 15) is 27.9 Å². The minimum atomic E-state index is -5.12. The molecule has 0 aliphatic heterocycles. The Bertz CT molecular complexity index is 970. The van der Waals surface area contributed by atoms with Gasteiger partial charge in [-0.2, -0.15) is 13.2 Å². The normalized spacial score (nSPS) is 12.3. The smallest absolute Gasteiger partial charge is 0.471 e. The molecular weight excluding hydrogens is 875 g/mol. The summed E-state index contributed by atoms with van der Waals surface area (Å²) >= 11 is 7.98. The fourth-order valence-electron chi connectivity index (χ4n) is 2.36. The van der Waals surface area contributed by atoms with E-state index in [1.54, 1.807) is 29.6 Å². The van der Waals surface area contributed by atoms with Crippen molar-refractivity contribution >= 4 is 102 Å². The molecule has 13 heteroatoms. The van der Waals surface area contributed by atoms with E-state index in [0.717, 1.165) is 7.11 Å². The van der Waals surface area contributed by atoms with Crippen LogP contribution in [0.5, 0.6) is 17.2 Å². The van der Waals surface area contributed by atoms with Crippen molar-refractivity contribution in [3.63, 3.8) is 0 Å². The number of ether oxygens (including phenoxy) is 2. The Kier molecular flexibility index (Phi) is 9.74. The molecule has 0 saturated heterocycles. The molecule has 31 heavy (non-hydrogen) atoms. The third-order valence-corrected chi connectivity index (χ3v) is 7.00. The van der Waals surface area contributed by atoms with Crippen molar-refractivity contribution in [2.75, 3.05) is 7.11 Å². The summed E-state index contributed by atoms with van der Waals surface area (Å²) in [6.45, 7) is 0. The van der Waals surface area contributed by atoms with E-state index in [4.69, 9.17) is 4.74 Å². The number of benzene rings is 2. The van der Waals surface area contributed by atoms with E-state index in [0.29, 0.717) is 31.3 Å². The molecule has 0 aliphatic carbocycles. The van der Waals surface area contributed by atoms with Crippen molar-refractivity contribution in [3.8, 4) is 17.2 Å². The molecule has 2 N–H and O–H groups in total. The number of rotatable bonds is 6. The first-order chi connectivity index (χ1) is 14.3. The summed E-state index contributed by atoms with van der Waals surface area (Å²) in [6.07, 6.45) is -5.32. The summed E-state index contributed by atoms with van der Waals surface area (Å²) in [5.74, 6) is -2.04. The first kappa shape index (κ1) is 26.9. The number of methoxy groups -OCH3 is 1. The molecule has 0 aromatic heterocycles. The Morgan fingerprint density at radius 2 is 1.55 bits per heavy atom. The zero-order valence-corrected chi connectivity index (χ0v) is 23.9. The topological polar surface area (TPSA) is 84.9 Å². The number of alkyl halides is 3. The van der Waals surface area contributed by atoms with E-state index in [1.165, 1.54) is 0 Å². The third-order valence-electron chi connectivity index (χ3n) is 3.76. The van der Waals surface area contributed by atoms with Crippen LogP contribution in [0, 0.1) is 14.3 Å². The number of carbonyl (C=O) groups is 2. The third kappa shape index (κ3) is 7.34. The summed E-state index contributed by atoms with van der Waals surface area (Å²) in [4.78, 5) is 23.2. The number of nitrogens with one attached hydrogen (secondary N) is 1. The number of halogens is 7. The van der Waals surface area contributed by atoms with Crippen LogP contribution in [-0.2, 0) is 20.7 Å². The fourth-order valence-corrected chi connectivity index (χ4v) is 6.19. The average molecular weight is 887 g/mol. The molecule has 6 nitrogen and oxygen atoms in total. The SMILES string of the molecule is COC(=O)C(Cc1cc(I)c(Oc2cc(I)c(O)c(I)c2)c(I)c1)NC(=O)C(F)(F)F. The lowest BCUT2D eigenvalue weighted by Crippen LogP contribution is -2.48. The molecule has 0 aliphatic rings. The van der Waals surface area contributed by atoms with Gasteiger partial charge in [-0.1, -0.05) is 0 Å². The van der Waals surface area contributed by atoms with Crippen LogP contribution in [0.4, 0.5) is 13.2 Å². The minimum absolute atomic E-state index is 0.156. The van der Waals surface area contributed by atoms with Crippen LogP contribution in [0.15, 0.2) is 24.3 Å². The highest BCUT2D eigenvalue weighted by atomic mass is 127. The second-order valence-corrected chi connectivity index (χ2v) is 10.6. The fraction of sp³-hybridized carbons (Fsp3) is 0.222. The maximum atomic E-state index is 12.6. The quantitative estimate of drug-likeness (QED) is 0.302. The summed E-state index contributed by atoms with van der Waals surface area (Å²) in [5.41, 5.74) is 0.508. The van der Waals surface area contributed by atoms with Crippen molar-refractivity contribution in [3.05, 3.63) is 44.1 Å². The second-order valence-electron chi connectivity index (χ2n) is 5.98. The Morgan fingerprint density at radius 1 is 1.03 bits per heavy atom. The summed E-state index contributed by atoms with van der Waals surface area (Å²) < 4.78 is 50.7. The Labute approximate surface area is 229 Å². The number of phenols is 1. The van der Waals surface area contributed by atoms with Gasteiger partial charge in [0.15, 0.2) is 5.75 Å². The molecule has 2 aromatic rings. The average Bonchev–Trinajstić information content (AvgIpc) is 2.66. The molecule has 1 amide bonds. The molecule has 0 spiro atoms. The number of esters is 1. The van der Waals surface area contributed by atoms with Gasteiger partial charge < -0.3 is 19.9 Å². The maximum absolute atomic E-state index is 12.6. The predicted octanol–water partition coefficient (Wildman–Crippen LogP) is 5.37. The van der Waals surface area contributed by atoms with E-state index >= 15 is 0 Å². The number of phenolic OH excluding ortho intramolecular Hbond substituents is 1. The van der Waals surface area contributed by atoms with Crippen molar-refractivity contribution < 1.29 is 37.3 Å². The van der Waals surface area contributed by atoms with Crippen molar-refractivity contribution in [2.24, 2.45) is 0 Å². The molecule has 0 saturated carbocycles. The second kappa shape index (κ2) is 11.2. The van der Waals surface area contributed by atoms with Crippen molar-refractivity contribution in [1.29, 1.82) is 0 Å². The molecular formula is C18H12F3I4NO5. The monoisotopic (exact) mass is 887 g/mol. The lowest BCUT2D eigenvalue weighted by atomic mass is 10.1. The largest absolute Gasteiger partial charge is 0.506 e. The number of aromatic hydroxyl groups is 1. The van der Waals surface area contributed by atoms with Crippen LogP contribution in [0.1, 0.15) is 5.56 Å². The number of hydrogen-bond acceptors (Lipinski definition) is 5. The molecule has 0 radical (unpaired) electrons. The Hall–Kier alpha value is -0.310. The summed E-state index contributed by atoms with van der Waals surface area (Å²) in [6, 6.07) is 5.11. The number of carbonyl (C=O) groups excluding carboxylic acids is 2. The van der Waals surface area contributed by atoms with Gasteiger partial charge in [0.05, 0.1) is 21.4 Å². The minimum Gasteiger partial charge on any atom is -0.506 e. The first-order valence-corrected chi connectivity index (χ1v) is 12.4. The van der Waals surface area contributed by atoms with Gasteiger partial charge in [0.1, 0.15) is 17.5 Å². The van der Waals surface area contributed by atoms with Gasteiger partial charge >= 0.3 is 18.1 Å². The predicted molar refractivity (Wildman–Crippen MR) is 139 cm³/mol. The van der Waals surface area contributed by atoms with Crippen LogP contribution in [0.3, 0.4) is 0 Å². The molecule has 2 aromatic carbocycles. The van der Waals surface area contributed by atoms with Crippen LogP contribution in [0.25, 0.3) is 0 Å². The molecule has 168 valence electrons. The molecule has 1 atom stereocenters. The van der Waals surface area contributed by atoms with Crippen molar-refractivity contribution in [2.45, 2.75) is 18.6 Å². The lowest BCUT2D eigenvalue weighted by molar-refractivity contribution is -0.175. The zero-order chi connectivity index (χ0) is 23.5. The van der Waals surface area contributed by atoms with Crippen LogP contribution in [0.2, 0.25) is 0 Å². The molecule has 0 fully saturated rings. The van der Waals surface area contributed by atoms with Crippen LogP contribution in [-0.4, -0.2) is 36.3 Å². The summed E-state index contributed by atoms with van der Waals surface area (Å²) in [5, 5.41) is 11.6. The van der Waals surface area contributed by atoms with E-state index in [-0.39, 0.29) is 12.2 Å². The van der Waals surface area contributed by atoms with Gasteiger partial charge in [-0.05, 0) is 120 Å². The number of amides is 1. The highest BCUT2D eigenvalue weighted by molar-refractivity contribution is 14.1. The number of hydrogen-bond donors (Lipinski definition) is 2. The van der Waals surface area contributed by atoms with Gasteiger partial charge in [0.25, 0.3) is 0 Å². The van der Waals surface area contributed by atoms with Gasteiger partial charge in [-0.15, -0.1) is 0 Å². The van der Waals surface area contributed by atoms with Crippen molar-refractivity contribution in [1.82, 2.24) is 5.32 Å². The van der Waals surface area contributed by atoms with Gasteiger partial charge in [0.2, 0.25) is 0 Å².